The fourth-order valence-electron chi connectivity index (χ4n) is 5.46. The summed E-state index contributed by atoms with van der Waals surface area (Å²) in [6.45, 7) is 8.80. The number of hydrogen-bond acceptors (Lipinski definition) is 10. The first kappa shape index (κ1) is 51.5. The van der Waals surface area contributed by atoms with E-state index in [0.717, 1.165) is 31.4 Å². The van der Waals surface area contributed by atoms with Crippen molar-refractivity contribution in [3.63, 3.8) is 0 Å². The van der Waals surface area contributed by atoms with Crippen LogP contribution in [0.5, 0.6) is 0 Å². The molecule has 0 radical (unpaired) electrons. The van der Waals surface area contributed by atoms with Crippen LogP contribution in [0.4, 0.5) is 0 Å². The Hall–Kier alpha value is -0.500. The van der Waals surface area contributed by atoms with Crippen molar-refractivity contribution < 1.29 is 9.59 Å². The second-order valence-corrected chi connectivity index (χ2v) is 21.8. The standard InChI is InChI=1S/C40H70N4O2S6/c1-5-7-9-11-13-15-17-19-21-23-31-49-37(47)51-39(3,33-41)27-25-35(45)43-29-30-44-36(46)26-28-40(4,34-42)52-38(48)50-32-24-22-20-18-16-14-12-10-8-6-2/h5-32H2,1-4H3,(H,43,45)(H,44,46)/t39-,40-/m0/s1. The molecule has 0 rings (SSSR count). The molecule has 298 valence electrons. The molecule has 12 heteroatoms. The van der Waals surface area contributed by atoms with Crippen LogP contribution in [0.2, 0.25) is 0 Å². The summed E-state index contributed by atoms with van der Waals surface area (Å²) in [7, 11) is 0. The monoisotopic (exact) mass is 830 g/mol. The van der Waals surface area contributed by atoms with Crippen LogP contribution in [0.25, 0.3) is 0 Å². The Balaban J connectivity index is 4.07. The van der Waals surface area contributed by atoms with Gasteiger partial charge in [0.05, 0.1) is 12.1 Å². The van der Waals surface area contributed by atoms with Gasteiger partial charge in [0.15, 0.2) is 0 Å². The van der Waals surface area contributed by atoms with Gasteiger partial charge in [-0.3, -0.25) is 9.59 Å². The summed E-state index contributed by atoms with van der Waals surface area (Å²) in [6.07, 6.45) is 27.3. The van der Waals surface area contributed by atoms with Crippen molar-refractivity contribution in [1.82, 2.24) is 10.6 Å². The lowest BCUT2D eigenvalue weighted by Crippen LogP contribution is -2.36. The van der Waals surface area contributed by atoms with Crippen molar-refractivity contribution in [2.45, 2.75) is 191 Å². The first-order valence-corrected chi connectivity index (χ1v) is 24.5. The maximum Gasteiger partial charge on any atom is 0.220 e. The second kappa shape index (κ2) is 35.0. The Bertz CT molecular complexity index is 984. The molecule has 2 atom stereocenters. The fraction of sp³-hybridized carbons (Fsp3) is 0.850. The molecule has 0 aliphatic carbocycles. The van der Waals surface area contributed by atoms with Crippen molar-refractivity contribution in [1.29, 1.82) is 10.5 Å². The van der Waals surface area contributed by atoms with Crippen LogP contribution >= 0.6 is 71.5 Å². The van der Waals surface area contributed by atoms with E-state index in [-0.39, 0.29) is 24.7 Å². The topological polar surface area (TPSA) is 106 Å². The van der Waals surface area contributed by atoms with Crippen LogP contribution in [0, 0.1) is 22.7 Å². The molecule has 0 aromatic carbocycles. The molecule has 0 spiro atoms. The van der Waals surface area contributed by atoms with E-state index in [1.54, 1.807) is 23.5 Å². The number of rotatable bonds is 33. The van der Waals surface area contributed by atoms with Crippen molar-refractivity contribution in [3.05, 3.63) is 0 Å². The van der Waals surface area contributed by atoms with Crippen LogP contribution < -0.4 is 10.6 Å². The molecule has 2 N–H and O–H groups in total. The molecule has 0 aromatic rings. The largest absolute Gasteiger partial charge is 0.354 e. The highest BCUT2D eigenvalue weighted by Crippen LogP contribution is 2.36. The lowest BCUT2D eigenvalue weighted by molar-refractivity contribution is -0.123. The summed E-state index contributed by atoms with van der Waals surface area (Å²) in [6, 6.07) is 4.70. The molecule has 0 bridgehead atoms. The van der Waals surface area contributed by atoms with Gasteiger partial charge in [0.1, 0.15) is 16.6 Å². The van der Waals surface area contributed by atoms with E-state index in [1.807, 2.05) is 13.8 Å². The van der Waals surface area contributed by atoms with Crippen LogP contribution in [0.3, 0.4) is 0 Å². The van der Waals surface area contributed by atoms with E-state index in [9.17, 15) is 20.1 Å². The van der Waals surface area contributed by atoms with Gasteiger partial charge >= 0.3 is 0 Å². The minimum atomic E-state index is -0.757. The third kappa shape index (κ3) is 31.8. The van der Waals surface area contributed by atoms with Crippen molar-refractivity contribution in [2.75, 3.05) is 24.6 Å². The molecular weight excluding hydrogens is 761 g/mol. The lowest BCUT2D eigenvalue weighted by Gasteiger charge is -2.21. The third-order valence-electron chi connectivity index (χ3n) is 8.95. The zero-order chi connectivity index (χ0) is 38.8. The molecule has 0 saturated carbocycles. The van der Waals surface area contributed by atoms with Crippen molar-refractivity contribution >= 4 is 90.4 Å². The van der Waals surface area contributed by atoms with E-state index in [0.29, 0.717) is 25.9 Å². The lowest BCUT2D eigenvalue weighted by atomic mass is 10.1. The average Bonchev–Trinajstić information content (AvgIpc) is 3.13. The number of unbranched alkanes of at least 4 members (excludes halogenated alkanes) is 18. The summed E-state index contributed by atoms with van der Waals surface area (Å²) >= 11 is 17.2. The maximum absolute atomic E-state index is 12.5. The van der Waals surface area contributed by atoms with Gasteiger partial charge in [0.25, 0.3) is 0 Å². The summed E-state index contributed by atoms with van der Waals surface area (Å²) in [5, 5.41) is 25.3. The quantitative estimate of drug-likeness (QED) is 0.0490. The molecular formula is C40H70N4O2S6. The van der Waals surface area contributed by atoms with E-state index in [2.05, 4.69) is 36.6 Å². The summed E-state index contributed by atoms with van der Waals surface area (Å²) in [5.41, 5.74) is 0. The molecule has 0 aromatic heterocycles. The van der Waals surface area contributed by atoms with Gasteiger partial charge in [0, 0.05) is 25.9 Å². The van der Waals surface area contributed by atoms with Gasteiger partial charge in [-0.2, -0.15) is 10.5 Å². The van der Waals surface area contributed by atoms with Crippen LogP contribution in [0.1, 0.15) is 182 Å². The number of thioether (sulfide) groups is 4. The Morgan fingerprint density at radius 3 is 1.12 bits per heavy atom. The number of thiocarbonyl (C=S) groups is 2. The predicted molar refractivity (Wildman–Crippen MR) is 242 cm³/mol. The summed E-state index contributed by atoms with van der Waals surface area (Å²) in [5.74, 6) is 1.63. The van der Waals surface area contributed by atoms with Crippen molar-refractivity contribution in [3.8, 4) is 12.1 Å². The number of nitriles is 2. The van der Waals surface area contributed by atoms with E-state index in [1.165, 1.54) is 139 Å². The first-order valence-electron chi connectivity index (χ1n) is 20.1. The van der Waals surface area contributed by atoms with Gasteiger partial charge in [-0.05, 0) is 51.0 Å². The Morgan fingerprint density at radius 1 is 0.538 bits per heavy atom. The zero-order valence-electron chi connectivity index (χ0n) is 33.0. The van der Waals surface area contributed by atoms with Crippen LogP contribution in [0.15, 0.2) is 0 Å². The third-order valence-corrected chi connectivity index (χ3v) is 14.6. The van der Waals surface area contributed by atoms with Gasteiger partial charge < -0.3 is 10.6 Å². The Morgan fingerprint density at radius 2 is 0.827 bits per heavy atom. The van der Waals surface area contributed by atoms with Crippen molar-refractivity contribution in [2.24, 2.45) is 0 Å². The van der Waals surface area contributed by atoms with Gasteiger partial charge in [-0.25, -0.2) is 0 Å². The van der Waals surface area contributed by atoms with E-state index >= 15 is 0 Å². The van der Waals surface area contributed by atoms with Crippen LogP contribution in [-0.4, -0.2) is 53.0 Å². The number of nitrogens with one attached hydrogen (secondary N) is 2. The van der Waals surface area contributed by atoms with Gasteiger partial charge in [-0.15, -0.1) is 23.5 Å². The number of nitrogens with zero attached hydrogens (tertiary/aromatic N) is 2. The Labute approximate surface area is 346 Å². The van der Waals surface area contributed by atoms with Crippen LogP contribution in [-0.2, 0) is 9.59 Å². The maximum atomic E-state index is 12.5. The first-order chi connectivity index (χ1) is 25.0. The molecule has 0 heterocycles. The summed E-state index contributed by atoms with van der Waals surface area (Å²) in [4.78, 5) is 25.0. The second-order valence-electron chi connectivity index (χ2n) is 14.2. The summed E-state index contributed by atoms with van der Waals surface area (Å²) < 4.78 is 0.0111. The zero-order valence-corrected chi connectivity index (χ0v) is 37.9. The minimum absolute atomic E-state index is 0.155. The smallest absolute Gasteiger partial charge is 0.220 e. The number of carbonyl (C=O) groups excluding carboxylic acids is 2. The molecule has 0 unspecified atom stereocenters. The fourth-order valence-corrected chi connectivity index (χ4v) is 11.4. The van der Waals surface area contributed by atoms with E-state index < -0.39 is 9.49 Å². The van der Waals surface area contributed by atoms with Gasteiger partial charge in [0.2, 0.25) is 11.8 Å². The molecule has 52 heavy (non-hydrogen) atoms. The Kier molecular flexibility index (Phi) is 34.6. The van der Waals surface area contributed by atoms with E-state index in [4.69, 9.17) is 24.4 Å². The molecule has 0 saturated heterocycles. The normalized spacial score (nSPS) is 13.3. The molecule has 6 nitrogen and oxygen atoms in total. The molecule has 0 fully saturated rings. The molecule has 0 aliphatic heterocycles. The minimum Gasteiger partial charge on any atom is -0.354 e. The predicted octanol–water partition coefficient (Wildman–Crippen LogP) is 12.7. The number of hydrogen-bond donors (Lipinski definition) is 2. The highest BCUT2D eigenvalue weighted by atomic mass is 32.2. The highest BCUT2D eigenvalue weighted by molar-refractivity contribution is 8.48. The SMILES string of the molecule is CCCCCCCCCCCCSC(=S)S[C@](C)(C#N)CCC(=O)NCCNC(=O)CC[C@@](C)(C#N)SC(=S)SCCCCCCCCCCCC. The average molecular weight is 831 g/mol. The molecule has 0 aliphatic rings. The number of amides is 2. The number of carbonyl (C=O) groups is 2. The highest BCUT2D eigenvalue weighted by Gasteiger charge is 2.29. The van der Waals surface area contributed by atoms with Gasteiger partial charge in [-0.1, -0.05) is 177 Å². The molecule has 2 amide bonds.